The van der Waals surface area contributed by atoms with Crippen molar-refractivity contribution in [1.29, 1.82) is 0 Å². The number of aromatic nitrogens is 4. The van der Waals surface area contributed by atoms with E-state index in [9.17, 15) is 9.59 Å². The Morgan fingerprint density at radius 1 is 0.976 bits per heavy atom. The normalized spacial score (nSPS) is 11.7. The Labute approximate surface area is 249 Å². The maximum atomic E-state index is 14.2. The molecule has 2 N–H and O–H groups in total. The molecule has 0 aliphatic heterocycles. The van der Waals surface area contributed by atoms with Crippen molar-refractivity contribution in [3.63, 3.8) is 0 Å². The van der Waals surface area contributed by atoms with Gasteiger partial charge in [-0.3, -0.25) is 14.6 Å². The molecule has 0 fully saturated rings. The molecular weight excluding hydrogens is 546 g/mol. The van der Waals surface area contributed by atoms with Crippen LogP contribution in [0, 0.1) is 13.8 Å². The van der Waals surface area contributed by atoms with Crippen molar-refractivity contribution in [2.75, 3.05) is 30.1 Å². The van der Waals surface area contributed by atoms with Crippen molar-refractivity contribution in [3.05, 3.63) is 108 Å². The van der Waals surface area contributed by atoms with Crippen LogP contribution in [-0.4, -0.2) is 56.5 Å². The first-order chi connectivity index (χ1) is 20.3. The number of para-hydroxylation sites is 1. The Balaban J connectivity index is 1.53. The van der Waals surface area contributed by atoms with E-state index in [0.29, 0.717) is 16.4 Å². The summed E-state index contributed by atoms with van der Waals surface area (Å²) in [7, 11) is 3.92. The van der Waals surface area contributed by atoms with Gasteiger partial charge in [-0.2, -0.15) is 0 Å². The Bertz CT molecular complexity index is 1670. The van der Waals surface area contributed by atoms with Gasteiger partial charge < -0.3 is 20.1 Å². The molecule has 1 atom stereocenters. The Morgan fingerprint density at radius 2 is 1.71 bits per heavy atom. The molecule has 2 aromatic carbocycles. The second kappa shape index (κ2) is 12.9. The van der Waals surface area contributed by atoms with Crippen LogP contribution in [0.15, 0.2) is 90.5 Å². The van der Waals surface area contributed by atoms with Crippen molar-refractivity contribution in [2.45, 2.75) is 31.6 Å². The number of carbonyl (C=O) groups excluding carboxylic acids is 2. The van der Waals surface area contributed by atoms with E-state index < -0.39 is 6.04 Å². The minimum Gasteiger partial charge on any atom is -0.378 e. The number of anilines is 2. The molecule has 2 amide bonds. The lowest BCUT2D eigenvalue weighted by Crippen LogP contribution is -2.41. The fraction of sp³-hybridized carbons (Fsp3) is 0.219. The highest BCUT2D eigenvalue weighted by Gasteiger charge is 2.33. The number of benzene rings is 2. The van der Waals surface area contributed by atoms with Gasteiger partial charge in [0.05, 0.1) is 5.75 Å². The molecule has 5 aromatic rings. The summed E-state index contributed by atoms with van der Waals surface area (Å²) in [4.78, 5) is 48.4. The van der Waals surface area contributed by atoms with Crippen LogP contribution in [0.25, 0.3) is 10.9 Å². The number of carbonyl (C=O) groups is 2. The van der Waals surface area contributed by atoms with E-state index in [1.165, 1.54) is 11.8 Å². The molecule has 3 aromatic heterocycles. The van der Waals surface area contributed by atoms with Crippen molar-refractivity contribution >= 4 is 45.9 Å². The molecule has 0 spiro atoms. The summed E-state index contributed by atoms with van der Waals surface area (Å²) in [6, 6.07) is 20.1. The molecule has 0 saturated carbocycles. The number of aryl methyl sites for hydroxylation is 2. The van der Waals surface area contributed by atoms with Crippen LogP contribution < -0.4 is 10.2 Å². The van der Waals surface area contributed by atoms with E-state index in [1.54, 1.807) is 17.3 Å². The van der Waals surface area contributed by atoms with Gasteiger partial charge in [-0.25, -0.2) is 9.97 Å². The van der Waals surface area contributed by atoms with Gasteiger partial charge in [-0.15, -0.1) is 0 Å². The monoisotopic (exact) mass is 579 g/mol. The lowest BCUT2D eigenvalue weighted by atomic mass is 10.0. The van der Waals surface area contributed by atoms with E-state index in [0.717, 1.165) is 33.5 Å². The van der Waals surface area contributed by atoms with E-state index in [1.807, 2.05) is 106 Å². The maximum absolute atomic E-state index is 14.2. The number of rotatable bonds is 10. The molecule has 1 unspecified atom stereocenters. The molecule has 0 bridgehead atoms. The highest BCUT2D eigenvalue weighted by Crippen LogP contribution is 2.32. The number of aromatic amines is 1. The minimum atomic E-state index is -0.928. The van der Waals surface area contributed by atoms with Crippen molar-refractivity contribution in [2.24, 2.45) is 0 Å². The third kappa shape index (κ3) is 6.77. The fourth-order valence-corrected chi connectivity index (χ4v) is 5.64. The average molecular weight is 580 g/mol. The zero-order valence-corrected chi connectivity index (χ0v) is 24.9. The Morgan fingerprint density at radius 3 is 2.40 bits per heavy atom. The molecular formula is C32H33N7O2S. The van der Waals surface area contributed by atoms with Crippen molar-refractivity contribution < 1.29 is 9.59 Å². The van der Waals surface area contributed by atoms with Crippen LogP contribution in [0.5, 0.6) is 0 Å². The first kappa shape index (κ1) is 28.8. The molecule has 0 aliphatic carbocycles. The second-order valence-corrected chi connectivity index (χ2v) is 11.2. The molecule has 0 radical (unpaired) electrons. The fourth-order valence-electron chi connectivity index (χ4n) is 4.80. The molecule has 42 heavy (non-hydrogen) atoms. The van der Waals surface area contributed by atoms with E-state index in [2.05, 4.69) is 25.3 Å². The van der Waals surface area contributed by atoms with Gasteiger partial charge in [-0.1, -0.05) is 36.0 Å². The SMILES string of the molecule is Cc1cc(C)nc(SCC(=O)N(Cc2cccnc2)C(C(=O)Nc2ccc(N(C)C)cc2)c2c[nH]c3ccccc23)n1. The summed E-state index contributed by atoms with van der Waals surface area (Å²) < 4.78 is 0. The number of pyridine rings is 1. The third-order valence-corrected chi connectivity index (χ3v) is 7.64. The number of nitrogens with zero attached hydrogens (tertiary/aromatic N) is 5. The molecule has 0 saturated heterocycles. The quantitative estimate of drug-likeness (QED) is 0.165. The minimum absolute atomic E-state index is 0.0623. The van der Waals surface area contributed by atoms with Crippen LogP contribution in [0.3, 0.4) is 0 Å². The lowest BCUT2D eigenvalue weighted by Gasteiger charge is -2.31. The standard InChI is InChI=1S/C32H33N7O2S/c1-21-16-22(2)36-32(35-21)42-20-29(40)39(19-23-8-7-15-33-17-23)30(27-18-34-28-10-6-5-9-26(27)28)31(41)37-24-11-13-25(14-12-24)38(3)4/h5-18,30,34H,19-20H2,1-4H3,(H,37,41). The number of nitrogens with one attached hydrogen (secondary N) is 2. The number of fused-ring (bicyclic) bond motifs is 1. The summed E-state index contributed by atoms with van der Waals surface area (Å²) in [6.45, 7) is 3.99. The molecule has 214 valence electrons. The number of H-pyrrole nitrogens is 1. The highest BCUT2D eigenvalue weighted by molar-refractivity contribution is 7.99. The van der Waals surface area contributed by atoms with Crippen LogP contribution >= 0.6 is 11.8 Å². The number of thioether (sulfide) groups is 1. The van der Waals surface area contributed by atoms with Crippen molar-refractivity contribution in [3.8, 4) is 0 Å². The average Bonchev–Trinajstić information content (AvgIpc) is 3.39. The highest BCUT2D eigenvalue weighted by atomic mass is 32.2. The van der Waals surface area contributed by atoms with Gasteiger partial charge in [0.1, 0.15) is 6.04 Å². The maximum Gasteiger partial charge on any atom is 0.251 e. The van der Waals surface area contributed by atoms with Gasteiger partial charge in [0.25, 0.3) is 5.91 Å². The van der Waals surface area contributed by atoms with Crippen LogP contribution in [-0.2, 0) is 16.1 Å². The molecule has 5 rings (SSSR count). The molecule has 3 heterocycles. The first-order valence-corrected chi connectivity index (χ1v) is 14.5. The zero-order valence-electron chi connectivity index (χ0n) is 24.0. The summed E-state index contributed by atoms with van der Waals surface area (Å²) in [5.74, 6) is -0.477. The molecule has 10 heteroatoms. The summed E-state index contributed by atoms with van der Waals surface area (Å²) in [5.41, 5.74) is 5.72. The van der Waals surface area contributed by atoms with Gasteiger partial charge >= 0.3 is 0 Å². The van der Waals surface area contributed by atoms with Crippen LogP contribution in [0.4, 0.5) is 11.4 Å². The summed E-state index contributed by atoms with van der Waals surface area (Å²) in [6.07, 6.45) is 5.21. The lowest BCUT2D eigenvalue weighted by molar-refractivity contribution is -0.137. The summed E-state index contributed by atoms with van der Waals surface area (Å²) >= 11 is 1.26. The van der Waals surface area contributed by atoms with E-state index >= 15 is 0 Å². The van der Waals surface area contributed by atoms with Gasteiger partial charge in [0, 0.05) is 78.5 Å². The third-order valence-electron chi connectivity index (χ3n) is 6.81. The van der Waals surface area contributed by atoms with E-state index in [-0.39, 0.29) is 24.1 Å². The van der Waals surface area contributed by atoms with Gasteiger partial charge in [0.15, 0.2) is 5.16 Å². The zero-order chi connectivity index (χ0) is 29.6. The predicted octanol–water partition coefficient (Wildman–Crippen LogP) is 5.54. The number of hydrogen-bond acceptors (Lipinski definition) is 7. The Kier molecular flexibility index (Phi) is 8.83. The Hall–Kier alpha value is -4.70. The largest absolute Gasteiger partial charge is 0.378 e. The topological polar surface area (TPSA) is 107 Å². The molecule has 9 nitrogen and oxygen atoms in total. The van der Waals surface area contributed by atoms with Gasteiger partial charge in [-0.05, 0) is 61.9 Å². The number of amides is 2. The molecule has 0 aliphatic rings. The summed E-state index contributed by atoms with van der Waals surface area (Å²) in [5, 5.41) is 4.45. The smallest absolute Gasteiger partial charge is 0.251 e. The van der Waals surface area contributed by atoms with Crippen LogP contribution in [0.1, 0.15) is 28.6 Å². The predicted molar refractivity (Wildman–Crippen MR) is 167 cm³/mol. The first-order valence-electron chi connectivity index (χ1n) is 13.6. The van der Waals surface area contributed by atoms with E-state index in [4.69, 9.17) is 0 Å². The van der Waals surface area contributed by atoms with Crippen LogP contribution in [0.2, 0.25) is 0 Å². The second-order valence-electron chi connectivity index (χ2n) is 10.2. The number of hydrogen-bond donors (Lipinski definition) is 2. The van der Waals surface area contributed by atoms with Gasteiger partial charge in [0.2, 0.25) is 5.91 Å². The van der Waals surface area contributed by atoms with Crippen molar-refractivity contribution in [1.82, 2.24) is 24.8 Å².